The fourth-order valence-corrected chi connectivity index (χ4v) is 5.96. The summed E-state index contributed by atoms with van der Waals surface area (Å²) in [6, 6.07) is 25.8. The number of nitrogens with one attached hydrogen (secondary N) is 3. The van der Waals surface area contributed by atoms with Gasteiger partial charge in [0, 0.05) is 38.7 Å². The van der Waals surface area contributed by atoms with Gasteiger partial charge in [-0.15, -0.1) is 23.1 Å². The van der Waals surface area contributed by atoms with Crippen LogP contribution in [0.15, 0.2) is 113 Å². The Morgan fingerprint density at radius 1 is 0.957 bits per heavy atom. The lowest BCUT2D eigenvalue weighted by Crippen LogP contribution is -2.30. The maximum Gasteiger partial charge on any atom is 0.272 e. The van der Waals surface area contributed by atoms with Crippen molar-refractivity contribution in [3.8, 4) is 22.8 Å². The van der Waals surface area contributed by atoms with E-state index in [0.29, 0.717) is 33.4 Å². The molecule has 0 bridgehead atoms. The minimum absolute atomic E-state index is 0.0167. The molecule has 0 radical (unpaired) electrons. The van der Waals surface area contributed by atoms with Gasteiger partial charge in [-0.2, -0.15) is 0 Å². The zero-order valence-electron chi connectivity index (χ0n) is 25.2. The number of hydrogen-bond acceptors (Lipinski definition) is 8. The summed E-state index contributed by atoms with van der Waals surface area (Å²) in [6.45, 7) is 1.75. The topological polar surface area (TPSA) is 130 Å². The number of thioether (sulfide) groups is 1. The molecule has 238 valence electrons. The lowest BCUT2D eigenvalue weighted by Gasteiger charge is -2.14. The van der Waals surface area contributed by atoms with Gasteiger partial charge in [0.2, 0.25) is 5.91 Å². The number of hydrogen-bond donors (Lipinski definition) is 4. The summed E-state index contributed by atoms with van der Waals surface area (Å²) in [5.74, 6) is -1.40. The first kappa shape index (κ1) is 32.9. The molecule has 0 aliphatic rings. The van der Waals surface area contributed by atoms with Crippen LogP contribution >= 0.6 is 23.1 Å². The number of amides is 3. The number of nitrogens with zero attached hydrogens (tertiary/aromatic N) is 1. The predicted octanol–water partition coefficient (Wildman–Crippen LogP) is 7.19. The van der Waals surface area contributed by atoms with Gasteiger partial charge in [-0.05, 0) is 79.7 Å². The van der Waals surface area contributed by atoms with Crippen molar-refractivity contribution in [2.45, 2.75) is 17.1 Å². The Morgan fingerprint density at radius 3 is 2.47 bits per heavy atom. The van der Waals surface area contributed by atoms with E-state index in [1.807, 2.05) is 6.07 Å². The fourth-order valence-electron chi connectivity index (χ4n) is 4.31. The average molecular weight is 669 g/mol. The first-order valence-corrected chi connectivity index (χ1v) is 16.0. The molecule has 12 heteroatoms. The highest BCUT2D eigenvalue weighted by Crippen LogP contribution is 2.30. The summed E-state index contributed by atoms with van der Waals surface area (Å²) in [5, 5.41) is 19.9. The molecule has 5 rings (SSSR count). The molecule has 0 saturated heterocycles. The van der Waals surface area contributed by atoms with E-state index >= 15 is 0 Å². The van der Waals surface area contributed by atoms with Crippen molar-refractivity contribution in [1.82, 2.24) is 10.3 Å². The molecule has 1 atom stereocenters. The first-order chi connectivity index (χ1) is 22.7. The maximum absolute atomic E-state index is 13.5. The molecule has 0 fully saturated rings. The van der Waals surface area contributed by atoms with Crippen molar-refractivity contribution in [2.75, 3.05) is 17.7 Å². The lowest BCUT2D eigenvalue weighted by atomic mass is 10.1. The van der Waals surface area contributed by atoms with E-state index in [0.717, 1.165) is 10.5 Å². The van der Waals surface area contributed by atoms with Crippen molar-refractivity contribution >= 4 is 57.7 Å². The van der Waals surface area contributed by atoms with Crippen molar-refractivity contribution < 1.29 is 28.6 Å². The molecule has 0 saturated carbocycles. The number of thiazole rings is 1. The lowest BCUT2D eigenvalue weighted by molar-refractivity contribution is -0.115. The summed E-state index contributed by atoms with van der Waals surface area (Å²) >= 11 is 2.56. The van der Waals surface area contributed by atoms with Crippen LogP contribution in [0.25, 0.3) is 17.3 Å². The zero-order chi connectivity index (χ0) is 33.3. The number of carbonyl (C=O) groups is 3. The monoisotopic (exact) mass is 668 g/mol. The smallest absolute Gasteiger partial charge is 0.272 e. The normalized spacial score (nSPS) is 11.8. The number of aromatic hydroxyl groups is 1. The van der Waals surface area contributed by atoms with Crippen molar-refractivity contribution in [2.24, 2.45) is 0 Å². The third-order valence-electron chi connectivity index (χ3n) is 6.69. The van der Waals surface area contributed by atoms with Gasteiger partial charge in [0.25, 0.3) is 11.8 Å². The van der Waals surface area contributed by atoms with Crippen LogP contribution in [-0.2, 0) is 9.59 Å². The minimum atomic E-state index is -0.599. The molecule has 1 unspecified atom stereocenters. The Labute approximate surface area is 278 Å². The molecule has 4 aromatic carbocycles. The van der Waals surface area contributed by atoms with Crippen LogP contribution in [0.5, 0.6) is 11.5 Å². The van der Waals surface area contributed by atoms with Crippen LogP contribution in [-0.4, -0.2) is 40.2 Å². The van der Waals surface area contributed by atoms with Gasteiger partial charge in [0.1, 0.15) is 23.0 Å². The van der Waals surface area contributed by atoms with E-state index in [1.165, 1.54) is 60.5 Å². The van der Waals surface area contributed by atoms with E-state index in [9.17, 15) is 23.9 Å². The molecule has 47 heavy (non-hydrogen) atoms. The van der Waals surface area contributed by atoms with Crippen molar-refractivity contribution in [1.29, 1.82) is 0 Å². The number of benzene rings is 4. The molecule has 4 N–H and O–H groups in total. The molecule has 9 nitrogen and oxygen atoms in total. The van der Waals surface area contributed by atoms with Crippen LogP contribution in [0.2, 0.25) is 0 Å². The maximum atomic E-state index is 13.5. The number of methoxy groups -OCH3 is 1. The standard InChI is InChI=1S/C35H29FN4O5S2/c1-21(32(42)40-35-39-30(20-46-35)22-11-14-25(36)15-12-22)47-28-10-6-9-26(18-28)37-34(44)29(38-33(43)23-7-4-3-5-8-23)17-24-13-16-27(41)19-31(24)45-2/h3-21,41H,1-2H3,(H,37,44)(H,38,43)(H,39,40,42)/b29-17+. The number of aromatic nitrogens is 1. The Hall–Kier alpha value is -5.46. The van der Waals surface area contributed by atoms with Gasteiger partial charge in [0.05, 0.1) is 18.1 Å². The van der Waals surface area contributed by atoms with E-state index in [1.54, 1.807) is 79.0 Å². The number of carbonyl (C=O) groups excluding carboxylic acids is 3. The minimum Gasteiger partial charge on any atom is -0.508 e. The summed E-state index contributed by atoms with van der Waals surface area (Å²) in [4.78, 5) is 44.7. The molecule has 1 aromatic heterocycles. The number of ether oxygens (including phenoxy) is 1. The van der Waals surface area contributed by atoms with Crippen LogP contribution in [0.1, 0.15) is 22.8 Å². The second kappa shape index (κ2) is 15.2. The molecule has 0 spiro atoms. The second-order valence-corrected chi connectivity index (χ2v) is 12.4. The highest BCUT2D eigenvalue weighted by Gasteiger charge is 2.19. The molecular weight excluding hydrogens is 640 g/mol. The number of phenols is 1. The van der Waals surface area contributed by atoms with E-state index < -0.39 is 17.1 Å². The SMILES string of the molecule is COc1cc(O)ccc1/C=C(/NC(=O)c1ccccc1)C(=O)Nc1cccc(SC(C)C(=O)Nc2nc(-c3ccc(F)cc3)cs2)c1. The Bertz CT molecular complexity index is 1930. The molecule has 0 aliphatic carbocycles. The molecule has 5 aromatic rings. The van der Waals surface area contributed by atoms with Gasteiger partial charge in [-0.25, -0.2) is 9.37 Å². The third kappa shape index (κ3) is 8.84. The first-order valence-electron chi connectivity index (χ1n) is 14.2. The number of phenolic OH excluding ortho intramolecular Hbond substituents is 1. The summed E-state index contributed by atoms with van der Waals surface area (Å²) < 4.78 is 18.6. The van der Waals surface area contributed by atoms with E-state index in [2.05, 4.69) is 20.9 Å². The highest BCUT2D eigenvalue weighted by atomic mass is 32.2. The highest BCUT2D eigenvalue weighted by molar-refractivity contribution is 8.00. The van der Waals surface area contributed by atoms with E-state index in [-0.39, 0.29) is 23.2 Å². The summed E-state index contributed by atoms with van der Waals surface area (Å²) in [7, 11) is 1.43. The Kier molecular flexibility index (Phi) is 10.7. The van der Waals surface area contributed by atoms with Gasteiger partial charge < -0.3 is 25.8 Å². The summed E-state index contributed by atoms with van der Waals surface area (Å²) in [6.07, 6.45) is 1.46. The largest absolute Gasteiger partial charge is 0.508 e. The predicted molar refractivity (Wildman–Crippen MR) is 183 cm³/mol. The van der Waals surface area contributed by atoms with Crippen LogP contribution in [0.3, 0.4) is 0 Å². The average Bonchev–Trinajstić information content (AvgIpc) is 3.54. The number of halogens is 1. The number of rotatable bonds is 11. The van der Waals surface area contributed by atoms with Crippen molar-refractivity contribution in [3.05, 3.63) is 125 Å². The second-order valence-electron chi connectivity index (χ2n) is 10.1. The van der Waals surface area contributed by atoms with Gasteiger partial charge in [0.15, 0.2) is 5.13 Å². The Morgan fingerprint density at radius 2 is 1.72 bits per heavy atom. The third-order valence-corrected chi connectivity index (χ3v) is 8.55. The van der Waals surface area contributed by atoms with Crippen molar-refractivity contribution in [3.63, 3.8) is 0 Å². The van der Waals surface area contributed by atoms with E-state index in [4.69, 9.17) is 4.74 Å². The van der Waals surface area contributed by atoms with Gasteiger partial charge in [-0.3, -0.25) is 14.4 Å². The van der Waals surface area contributed by atoms with Crippen LogP contribution in [0.4, 0.5) is 15.2 Å². The quantitative estimate of drug-likeness (QED) is 0.0866. The fraction of sp³-hybridized carbons (Fsp3) is 0.0857. The number of anilines is 2. The van der Waals surface area contributed by atoms with Gasteiger partial charge in [-0.1, -0.05) is 24.3 Å². The molecular formula is C35H29FN4O5S2. The van der Waals surface area contributed by atoms with Crippen LogP contribution in [0, 0.1) is 5.82 Å². The van der Waals surface area contributed by atoms with Crippen LogP contribution < -0.4 is 20.7 Å². The molecule has 3 amide bonds. The zero-order valence-corrected chi connectivity index (χ0v) is 26.8. The molecule has 0 aliphatic heterocycles. The molecule has 1 heterocycles. The van der Waals surface area contributed by atoms with Gasteiger partial charge >= 0.3 is 0 Å². The Balaban J connectivity index is 1.28. The summed E-state index contributed by atoms with van der Waals surface area (Å²) in [5.41, 5.74) is 2.57.